The Bertz CT molecular complexity index is 2750. The van der Waals surface area contributed by atoms with Gasteiger partial charge in [-0.25, -0.2) is 0 Å². The molecule has 8 aromatic rings. The molecule has 10 rings (SSSR count). The minimum atomic E-state index is 0.0725. The largest absolute Gasteiger partial charge is 0.456 e. The second-order valence-electron chi connectivity index (χ2n) is 13.6. The molecular formula is C47H33NOS. The van der Waals surface area contributed by atoms with Crippen LogP contribution in [0, 0.1) is 5.41 Å². The molecule has 0 bridgehead atoms. The van der Waals surface area contributed by atoms with Crippen LogP contribution in [0.5, 0.6) is 0 Å². The van der Waals surface area contributed by atoms with Gasteiger partial charge in [0.2, 0.25) is 0 Å². The molecule has 0 radical (unpaired) electrons. The first-order chi connectivity index (χ1) is 24.6. The van der Waals surface area contributed by atoms with Crippen LogP contribution < -0.4 is 4.90 Å². The van der Waals surface area contributed by atoms with Crippen LogP contribution in [0.3, 0.4) is 0 Å². The quantitative estimate of drug-likeness (QED) is 0.183. The van der Waals surface area contributed by atoms with Crippen molar-refractivity contribution in [1.29, 1.82) is 0 Å². The van der Waals surface area contributed by atoms with Crippen LogP contribution in [-0.2, 0) is 0 Å². The van der Waals surface area contributed by atoms with Crippen LogP contribution in [0.2, 0.25) is 0 Å². The molecule has 50 heavy (non-hydrogen) atoms. The summed E-state index contributed by atoms with van der Waals surface area (Å²) in [6, 6.07) is 48.3. The number of para-hydroxylation sites is 2. The molecule has 0 saturated carbocycles. The zero-order chi connectivity index (χ0) is 33.2. The van der Waals surface area contributed by atoms with E-state index in [1.807, 2.05) is 17.4 Å². The number of fused-ring (bicyclic) bond motifs is 7. The SMILES string of the molecule is CC12C=CC=CC1=CC(c1ccc(N(c3ccccc3-c3ccc4sc5ccccc5c4c3)c3cccc4oc5ccccc5c34)cc1)=CC2. The lowest BCUT2D eigenvalue weighted by Gasteiger charge is -2.32. The number of thiophene rings is 1. The summed E-state index contributed by atoms with van der Waals surface area (Å²) in [5.41, 5.74) is 11.4. The van der Waals surface area contributed by atoms with Crippen molar-refractivity contribution in [2.24, 2.45) is 5.41 Å². The lowest BCUT2D eigenvalue weighted by atomic mass is 9.72. The summed E-state index contributed by atoms with van der Waals surface area (Å²) in [4.78, 5) is 2.42. The van der Waals surface area contributed by atoms with Crippen LogP contribution in [0.15, 0.2) is 180 Å². The summed E-state index contributed by atoms with van der Waals surface area (Å²) < 4.78 is 9.03. The molecule has 3 heteroatoms. The molecule has 2 aliphatic rings. The summed E-state index contributed by atoms with van der Waals surface area (Å²) in [6.45, 7) is 2.32. The topological polar surface area (TPSA) is 16.4 Å². The van der Waals surface area contributed by atoms with Gasteiger partial charge in [-0.15, -0.1) is 11.3 Å². The second kappa shape index (κ2) is 11.3. The third kappa shape index (κ3) is 4.62. The van der Waals surface area contributed by atoms with E-state index in [4.69, 9.17) is 4.42 Å². The van der Waals surface area contributed by atoms with E-state index in [0.29, 0.717) is 0 Å². The maximum atomic E-state index is 6.41. The summed E-state index contributed by atoms with van der Waals surface area (Å²) in [6.07, 6.45) is 14.6. The molecule has 2 nitrogen and oxygen atoms in total. The standard InChI is InChI=1S/C47H33NOS/c1-47-27-9-8-11-34(47)29-32(26-28-47)31-20-23-35(24-21-31)48(41-16-10-18-43-46(41)38-14-3-6-17-42(38)49-43)40-15-5-2-12-36(40)33-22-25-45-39(30-33)37-13-4-7-19-44(37)50-45/h2-27,29-30H,28H2,1H3. The zero-order valence-corrected chi connectivity index (χ0v) is 28.5. The Labute approximate surface area is 295 Å². The van der Waals surface area contributed by atoms with E-state index in [-0.39, 0.29) is 5.41 Å². The molecule has 2 heterocycles. The number of anilines is 3. The van der Waals surface area contributed by atoms with E-state index in [1.54, 1.807) is 0 Å². The number of nitrogens with zero attached hydrogens (tertiary/aromatic N) is 1. The molecule has 0 spiro atoms. The molecule has 6 aromatic carbocycles. The first kappa shape index (κ1) is 29.1. The molecule has 0 saturated heterocycles. The summed E-state index contributed by atoms with van der Waals surface area (Å²) in [5.74, 6) is 0. The summed E-state index contributed by atoms with van der Waals surface area (Å²) >= 11 is 1.86. The smallest absolute Gasteiger partial charge is 0.137 e. The van der Waals surface area contributed by atoms with Gasteiger partial charge in [-0.1, -0.05) is 122 Å². The van der Waals surface area contributed by atoms with Crippen LogP contribution in [0.4, 0.5) is 17.1 Å². The molecule has 1 unspecified atom stereocenters. The molecule has 0 aliphatic heterocycles. The van der Waals surface area contributed by atoms with Crippen LogP contribution in [0.1, 0.15) is 18.9 Å². The fourth-order valence-electron chi connectivity index (χ4n) is 7.82. The van der Waals surface area contributed by atoms with E-state index < -0.39 is 0 Å². The average Bonchev–Trinajstić information content (AvgIpc) is 3.74. The Kier molecular flexibility index (Phi) is 6.59. The minimum absolute atomic E-state index is 0.0725. The van der Waals surface area contributed by atoms with Crippen LogP contribution in [-0.4, -0.2) is 0 Å². The van der Waals surface area contributed by atoms with Gasteiger partial charge in [0, 0.05) is 42.2 Å². The number of hydrogen-bond acceptors (Lipinski definition) is 3. The molecule has 0 amide bonds. The molecule has 2 aromatic heterocycles. The fourth-order valence-corrected chi connectivity index (χ4v) is 8.91. The number of rotatable bonds is 5. The molecule has 0 N–H and O–H groups in total. The van der Waals surface area contributed by atoms with Gasteiger partial charge in [-0.05, 0) is 83.3 Å². The highest BCUT2D eigenvalue weighted by Crippen LogP contribution is 2.47. The molecule has 0 fully saturated rings. The Morgan fingerprint density at radius 2 is 1.38 bits per heavy atom. The van der Waals surface area contributed by atoms with Crippen molar-refractivity contribution in [1.82, 2.24) is 0 Å². The average molecular weight is 660 g/mol. The Hall–Kier alpha value is -5.90. The first-order valence-electron chi connectivity index (χ1n) is 17.2. The van der Waals surface area contributed by atoms with Crippen LogP contribution in [0.25, 0.3) is 58.8 Å². The number of hydrogen-bond donors (Lipinski definition) is 0. The monoisotopic (exact) mass is 659 g/mol. The van der Waals surface area contributed by atoms with E-state index in [2.05, 4.69) is 176 Å². The van der Waals surface area contributed by atoms with Crippen molar-refractivity contribution in [3.05, 3.63) is 181 Å². The fraction of sp³-hybridized carbons (Fsp3) is 0.0638. The Morgan fingerprint density at radius 1 is 0.640 bits per heavy atom. The number of benzene rings is 6. The Morgan fingerprint density at radius 3 is 2.30 bits per heavy atom. The highest BCUT2D eigenvalue weighted by Gasteiger charge is 2.28. The maximum Gasteiger partial charge on any atom is 0.137 e. The van der Waals surface area contributed by atoms with Gasteiger partial charge in [-0.2, -0.15) is 0 Å². The molecule has 238 valence electrons. The Balaban J connectivity index is 1.16. The number of furan rings is 1. The molecule has 1 atom stereocenters. The lowest BCUT2D eigenvalue weighted by Crippen LogP contribution is -2.19. The van der Waals surface area contributed by atoms with Gasteiger partial charge in [0.05, 0.1) is 16.8 Å². The van der Waals surface area contributed by atoms with Gasteiger partial charge in [-0.3, -0.25) is 0 Å². The molecule has 2 aliphatic carbocycles. The normalized spacial score (nSPS) is 17.0. The van der Waals surface area contributed by atoms with E-state index >= 15 is 0 Å². The van der Waals surface area contributed by atoms with Crippen LogP contribution >= 0.6 is 11.3 Å². The molecular weight excluding hydrogens is 627 g/mol. The van der Waals surface area contributed by atoms with Crippen molar-refractivity contribution < 1.29 is 4.42 Å². The third-order valence-corrected chi connectivity index (χ3v) is 11.6. The third-order valence-electron chi connectivity index (χ3n) is 10.5. The van der Waals surface area contributed by atoms with Crippen molar-refractivity contribution >= 4 is 76.1 Å². The van der Waals surface area contributed by atoms with Gasteiger partial charge in [0.25, 0.3) is 0 Å². The predicted molar refractivity (Wildman–Crippen MR) is 214 cm³/mol. The summed E-state index contributed by atoms with van der Waals surface area (Å²) in [7, 11) is 0. The zero-order valence-electron chi connectivity index (χ0n) is 27.6. The number of allylic oxidation sites excluding steroid dienone is 8. The van der Waals surface area contributed by atoms with Gasteiger partial charge < -0.3 is 9.32 Å². The van der Waals surface area contributed by atoms with Crippen molar-refractivity contribution in [3.8, 4) is 11.1 Å². The van der Waals surface area contributed by atoms with E-state index in [0.717, 1.165) is 45.4 Å². The highest BCUT2D eigenvalue weighted by molar-refractivity contribution is 7.25. The maximum absolute atomic E-state index is 6.41. The predicted octanol–water partition coefficient (Wildman–Crippen LogP) is 13.9. The van der Waals surface area contributed by atoms with Gasteiger partial charge in [0.1, 0.15) is 11.2 Å². The van der Waals surface area contributed by atoms with Crippen molar-refractivity contribution in [3.63, 3.8) is 0 Å². The van der Waals surface area contributed by atoms with Crippen molar-refractivity contribution in [2.75, 3.05) is 4.90 Å². The van der Waals surface area contributed by atoms with Crippen molar-refractivity contribution in [2.45, 2.75) is 13.3 Å². The van der Waals surface area contributed by atoms with Gasteiger partial charge in [0.15, 0.2) is 0 Å². The highest BCUT2D eigenvalue weighted by atomic mass is 32.1. The first-order valence-corrected chi connectivity index (χ1v) is 18.0. The van der Waals surface area contributed by atoms with E-state index in [1.165, 1.54) is 48.0 Å². The minimum Gasteiger partial charge on any atom is -0.456 e. The second-order valence-corrected chi connectivity index (χ2v) is 14.6. The van der Waals surface area contributed by atoms with Gasteiger partial charge >= 0.3 is 0 Å². The lowest BCUT2D eigenvalue weighted by molar-refractivity contribution is 0.528. The van der Waals surface area contributed by atoms with E-state index in [9.17, 15) is 0 Å². The summed E-state index contributed by atoms with van der Waals surface area (Å²) in [5, 5.41) is 4.82.